The predicted molar refractivity (Wildman–Crippen MR) is 68.5 cm³/mol. The smallest absolute Gasteiger partial charge is 0.307 e. The van der Waals surface area contributed by atoms with E-state index in [-0.39, 0.29) is 18.8 Å². The lowest BCUT2D eigenvalue weighted by atomic mass is 10.1. The van der Waals surface area contributed by atoms with E-state index in [2.05, 4.69) is 0 Å². The van der Waals surface area contributed by atoms with Crippen molar-refractivity contribution in [2.24, 2.45) is 0 Å². The van der Waals surface area contributed by atoms with E-state index in [0.29, 0.717) is 5.56 Å². The summed E-state index contributed by atoms with van der Waals surface area (Å²) in [7, 11) is 0. The molecule has 3 nitrogen and oxygen atoms in total. The second-order valence-corrected chi connectivity index (χ2v) is 4.07. The van der Waals surface area contributed by atoms with Crippen LogP contribution in [0.4, 0.5) is 4.39 Å². The lowest BCUT2D eigenvalue weighted by Gasteiger charge is -2.11. The maximum atomic E-state index is 13.7. The summed E-state index contributed by atoms with van der Waals surface area (Å²) in [5.74, 6) is -1.56. The lowest BCUT2D eigenvalue weighted by Crippen LogP contribution is -2.05. The fourth-order valence-electron chi connectivity index (χ4n) is 1.75. The average Bonchev–Trinajstić information content (AvgIpc) is 2.38. The first-order valence-electron chi connectivity index (χ1n) is 5.82. The molecule has 2 aromatic carbocycles. The van der Waals surface area contributed by atoms with Crippen molar-refractivity contribution in [1.29, 1.82) is 0 Å². The van der Waals surface area contributed by atoms with Crippen LogP contribution in [-0.4, -0.2) is 11.1 Å². The summed E-state index contributed by atoms with van der Waals surface area (Å²) in [5, 5.41) is 8.79. The number of carbonyl (C=O) groups is 1. The highest BCUT2D eigenvalue weighted by Gasteiger charge is 2.12. The highest BCUT2D eigenvalue weighted by molar-refractivity contribution is 5.71. The van der Waals surface area contributed by atoms with Crippen LogP contribution in [0.1, 0.15) is 11.1 Å². The summed E-state index contributed by atoms with van der Waals surface area (Å²) in [6, 6.07) is 13.6. The Morgan fingerprint density at radius 2 is 1.84 bits per heavy atom. The fourth-order valence-corrected chi connectivity index (χ4v) is 1.75. The zero-order valence-corrected chi connectivity index (χ0v) is 10.2. The molecule has 0 radical (unpaired) electrons. The van der Waals surface area contributed by atoms with Crippen molar-refractivity contribution in [2.75, 3.05) is 0 Å². The van der Waals surface area contributed by atoms with E-state index in [1.807, 2.05) is 30.3 Å². The molecular weight excluding hydrogens is 247 g/mol. The van der Waals surface area contributed by atoms with Crippen molar-refractivity contribution >= 4 is 5.97 Å². The van der Waals surface area contributed by atoms with Gasteiger partial charge in [-0.25, -0.2) is 4.39 Å². The molecule has 2 aromatic rings. The molecule has 0 heterocycles. The minimum atomic E-state index is -1.02. The van der Waals surface area contributed by atoms with Crippen molar-refractivity contribution in [3.63, 3.8) is 0 Å². The Morgan fingerprint density at radius 1 is 1.11 bits per heavy atom. The molecule has 0 aliphatic heterocycles. The van der Waals surface area contributed by atoms with Gasteiger partial charge in [0.05, 0.1) is 6.42 Å². The van der Waals surface area contributed by atoms with Crippen LogP contribution >= 0.6 is 0 Å². The van der Waals surface area contributed by atoms with Gasteiger partial charge in [-0.2, -0.15) is 0 Å². The third kappa shape index (κ3) is 3.55. The number of carboxylic acids is 1. The molecule has 0 aliphatic rings. The highest BCUT2D eigenvalue weighted by Crippen LogP contribution is 2.24. The Hall–Kier alpha value is -2.36. The van der Waals surface area contributed by atoms with Gasteiger partial charge in [0.25, 0.3) is 0 Å². The van der Waals surface area contributed by atoms with Crippen LogP contribution in [-0.2, 0) is 17.8 Å². The van der Waals surface area contributed by atoms with Gasteiger partial charge in [0.1, 0.15) is 6.61 Å². The first-order valence-corrected chi connectivity index (χ1v) is 5.82. The number of rotatable bonds is 5. The number of ether oxygens (including phenoxy) is 1. The molecule has 19 heavy (non-hydrogen) atoms. The number of aliphatic carboxylic acids is 1. The quantitative estimate of drug-likeness (QED) is 0.898. The van der Waals surface area contributed by atoms with E-state index >= 15 is 0 Å². The van der Waals surface area contributed by atoms with Crippen molar-refractivity contribution in [2.45, 2.75) is 13.0 Å². The first kappa shape index (κ1) is 13.1. The number of hydrogen-bond acceptors (Lipinski definition) is 2. The Labute approximate surface area is 110 Å². The summed E-state index contributed by atoms with van der Waals surface area (Å²) in [5.41, 5.74) is 1.23. The van der Waals surface area contributed by atoms with E-state index in [1.54, 1.807) is 6.07 Å². The summed E-state index contributed by atoms with van der Waals surface area (Å²) >= 11 is 0. The molecule has 98 valence electrons. The standard InChI is InChI=1S/C15H13FO3/c16-13-8-4-7-12(9-14(17)18)15(13)19-10-11-5-2-1-3-6-11/h1-8H,9-10H2,(H,17,18). The Morgan fingerprint density at radius 3 is 2.53 bits per heavy atom. The zero-order chi connectivity index (χ0) is 13.7. The first-order chi connectivity index (χ1) is 9.16. The molecule has 0 aliphatic carbocycles. The maximum Gasteiger partial charge on any atom is 0.307 e. The van der Waals surface area contributed by atoms with Crippen LogP contribution in [0.25, 0.3) is 0 Å². The largest absolute Gasteiger partial charge is 0.486 e. The number of para-hydroxylation sites is 1. The van der Waals surface area contributed by atoms with Gasteiger partial charge in [0, 0.05) is 5.56 Å². The van der Waals surface area contributed by atoms with Crippen molar-refractivity contribution in [1.82, 2.24) is 0 Å². The molecule has 0 bridgehead atoms. The molecule has 0 saturated heterocycles. The van der Waals surface area contributed by atoms with Gasteiger partial charge in [-0.05, 0) is 11.6 Å². The lowest BCUT2D eigenvalue weighted by molar-refractivity contribution is -0.136. The topological polar surface area (TPSA) is 46.5 Å². The molecule has 0 saturated carbocycles. The summed E-state index contributed by atoms with van der Waals surface area (Å²) in [6.07, 6.45) is -0.262. The van der Waals surface area contributed by atoms with Gasteiger partial charge in [-0.3, -0.25) is 4.79 Å². The van der Waals surface area contributed by atoms with Gasteiger partial charge in [0.2, 0.25) is 0 Å². The minimum Gasteiger partial charge on any atom is -0.486 e. The average molecular weight is 260 g/mol. The van der Waals surface area contributed by atoms with Gasteiger partial charge >= 0.3 is 5.97 Å². The maximum absolute atomic E-state index is 13.7. The molecule has 2 rings (SSSR count). The molecule has 0 atom stereocenters. The Bertz CT molecular complexity index is 567. The van der Waals surface area contributed by atoms with Gasteiger partial charge in [0.15, 0.2) is 11.6 Å². The normalized spacial score (nSPS) is 10.2. The third-order valence-electron chi connectivity index (χ3n) is 2.62. The molecule has 0 unspecified atom stereocenters. The number of hydrogen-bond donors (Lipinski definition) is 1. The van der Waals surface area contributed by atoms with Crippen molar-refractivity contribution in [3.05, 3.63) is 65.5 Å². The van der Waals surface area contributed by atoms with Crippen LogP contribution in [0.2, 0.25) is 0 Å². The molecule has 0 amide bonds. The monoisotopic (exact) mass is 260 g/mol. The molecular formula is C15H13FO3. The van der Waals surface area contributed by atoms with Crippen molar-refractivity contribution in [3.8, 4) is 5.75 Å². The van der Waals surface area contributed by atoms with Crippen LogP contribution in [0.3, 0.4) is 0 Å². The molecule has 1 N–H and O–H groups in total. The number of benzene rings is 2. The van der Waals surface area contributed by atoms with Crippen molar-refractivity contribution < 1.29 is 19.0 Å². The summed E-state index contributed by atoms with van der Waals surface area (Å²) in [6.45, 7) is 0.203. The van der Waals surface area contributed by atoms with Gasteiger partial charge in [-0.15, -0.1) is 0 Å². The van der Waals surface area contributed by atoms with Gasteiger partial charge in [-0.1, -0.05) is 42.5 Å². The SMILES string of the molecule is O=C(O)Cc1cccc(F)c1OCc1ccccc1. The molecule has 0 spiro atoms. The Balaban J connectivity index is 2.17. The second-order valence-electron chi connectivity index (χ2n) is 4.07. The summed E-state index contributed by atoms with van der Waals surface area (Å²) < 4.78 is 19.1. The van der Waals surface area contributed by atoms with E-state index in [4.69, 9.17) is 9.84 Å². The fraction of sp³-hybridized carbons (Fsp3) is 0.133. The van der Waals surface area contributed by atoms with Crippen LogP contribution in [0, 0.1) is 5.82 Å². The van der Waals surface area contributed by atoms with Crippen LogP contribution in [0.5, 0.6) is 5.75 Å². The molecule has 4 heteroatoms. The zero-order valence-electron chi connectivity index (χ0n) is 10.2. The van der Waals surface area contributed by atoms with Crippen LogP contribution < -0.4 is 4.74 Å². The van der Waals surface area contributed by atoms with E-state index in [0.717, 1.165) is 5.56 Å². The van der Waals surface area contributed by atoms with E-state index in [1.165, 1.54) is 12.1 Å². The molecule has 0 fully saturated rings. The summed E-state index contributed by atoms with van der Waals surface area (Å²) in [4.78, 5) is 10.7. The number of carboxylic acid groups (broad SMARTS) is 1. The number of halogens is 1. The third-order valence-corrected chi connectivity index (χ3v) is 2.62. The molecule has 0 aromatic heterocycles. The van der Waals surface area contributed by atoms with Gasteiger partial charge < -0.3 is 9.84 Å². The Kier molecular flexibility index (Phi) is 4.13. The van der Waals surface area contributed by atoms with E-state index in [9.17, 15) is 9.18 Å². The predicted octanol–water partition coefficient (Wildman–Crippen LogP) is 3.03. The second kappa shape index (κ2) is 6.00. The minimum absolute atomic E-state index is 0.00810. The highest BCUT2D eigenvalue weighted by atomic mass is 19.1. The van der Waals surface area contributed by atoms with Crippen LogP contribution in [0.15, 0.2) is 48.5 Å². The van der Waals surface area contributed by atoms with E-state index < -0.39 is 11.8 Å².